The molecule has 0 saturated heterocycles. The maximum atomic E-state index is 12.1. The van der Waals surface area contributed by atoms with E-state index < -0.39 is 11.4 Å². The van der Waals surface area contributed by atoms with Crippen molar-refractivity contribution in [3.63, 3.8) is 0 Å². The third-order valence-electron chi connectivity index (χ3n) is 5.32. The Bertz CT molecular complexity index is 388. The Labute approximate surface area is 107 Å². The maximum absolute atomic E-state index is 12.1. The van der Waals surface area contributed by atoms with Gasteiger partial charge in [0, 0.05) is 12.5 Å². The van der Waals surface area contributed by atoms with Gasteiger partial charge in [-0.2, -0.15) is 0 Å². The standard InChI is InChI=1S/C14H21NO3/c1-14(2,13(17)18)6-15-12(16)11-9-7-3-4-8(5-7)10(9)11/h7-11H,3-6H2,1-2H3,(H,15,16)(H,17,18). The smallest absolute Gasteiger partial charge is 0.310 e. The van der Waals surface area contributed by atoms with Crippen LogP contribution in [0.2, 0.25) is 0 Å². The molecule has 0 aliphatic heterocycles. The molecule has 0 aromatic rings. The lowest BCUT2D eigenvalue weighted by atomic mass is 9.93. The molecule has 0 spiro atoms. The predicted molar refractivity (Wildman–Crippen MR) is 65.7 cm³/mol. The fraction of sp³-hybridized carbons (Fsp3) is 0.857. The number of hydrogen-bond donors (Lipinski definition) is 2. The fourth-order valence-electron chi connectivity index (χ4n) is 4.18. The van der Waals surface area contributed by atoms with Gasteiger partial charge in [-0.15, -0.1) is 0 Å². The van der Waals surface area contributed by atoms with Crippen molar-refractivity contribution in [3.05, 3.63) is 0 Å². The van der Waals surface area contributed by atoms with Gasteiger partial charge >= 0.3 is 5.97 Å². The quantitative estimate of drug-likeness (QED) is 0.796. The minimum absolute atomic E-state index is 0.0934. The molecule has 2 bridgehead atoms. The second kappa shape index (κ2) is 3.72. The van der Waals surface area contributed by atoms with Gasteiger partial charge < -0.3 is 10.4 Å². The second-order valence-corrected chi connectivity index (χ2v) is 6.92. The van der Waals surface area contributed by atoms with Crippen LogP contribution in [-0.4, -0.2) is 23.5 Å². The normalized spacial score (nSPS) is 40.4. The van der Waals surface area contributed by atoms with E-state index in [9.17, 15) is 9.59 Å². The van der Waals surface area contributed by atoms with Crippen molar-refractivity contribution in [1.82, 2.24) is 5.32 Å². The number of nitrogens with one attached hydrogen (secondary N) is 1. The van der Waals surface area contributed by atoms with Crippen LogP contribution in [-0.2, 0) is 9.59 Å². The SMILES string of the molecule is CC(C)(CNC(=O)C1C2C3CCC(C3)C12)C(=O)O. The number of carboxylic acids is 1. The number of fused-ring (bicyclic) bond motifs is 5. The van der Waals surface area contributed by atoms with E-state index in [1.165, 1.54) is 19.3 Å². The zero-order valence-corrected chi connectivity index (χ0v) is 11.0. The lowest BCUT2D eigenvalue weighted by Crippen LogP contribution is -2.40. The zero-order chi connectivity index (χ0) is 13.1. The van der Waals surface area contributed by atoms with E-state index in [1.807, 2.05) is 0 Å². The number of carbonyl (C=O) groups excluding carboxylic acids is 1. The van der Waals surface area contributed by atoms with Crippen LogP contribution in [0.1, 0.15) is 33.1 Å². The molecule has 4 atom stereocenters. The topological polar surface area (TPSA) is 66.4 Å². The monoisotopic (exact) mass is 251 g/mol. The van der Waals surface area contributed by atoms with Crippen LogP contribution in [0.15, 0.2) is 0 Å². The molecular formula is C14H21NO3. The third kappa shape index (κ3) is 1.65. The first kappa shape index (κ1) is 12.0. The van der Waals surface area contributed by atoms with Gasteiger partial charge in [0.1, 0.15) is 0 Å². The molecule has 3 rings (SSSR count). The molecule has 3 aliphatic carbocycles. The molecule has 4 nitrogen and oxygen atoms in total. The van der Waals surface area contributed by atoms with Gasteiger partial charge in [0.2, 0.25) is 5.91 Å². The minimum Gasteiger partial charge on any atom is -0.481 e. The van der Waals surface area contributed by atoms with E-state index in [2.05, 4.69) is 5.32 Å². The average Bonchev–Trinajstić information content (AvgIpc) is 2.75. The summed E-state index contributed by atoms with van der Waals surface area (Å²) in [5, 5.41) is 11.9. The first-order valence-electron chi connectivity index (χ1n) is 6.93. The summed E-state index contributed by atoms with van der Waals surface area (Å²) in [7, 11) is 0. The molecule has 0 aromatic heterocycles. The lowest BCUT2D eigenvalue weighted by Gasteiger charge is -2.20. The van der Waals surface area contributed by atoms with Crippen LogP contribution < -0.4 is 5.32 Å². The molecule has 18 heavy (non-hydrogen) atoms. The first-order valence-corrected chi connectivity index (χ1v) is 6.93. The van der Waals surface area contributed by atoms with E-state index in [4.69, 9.17) is 5.11 Å². The Hall–Kier alpha value is -1.06. The average molecular weight is 251 g/mol. The number of rotatable bonds is 4. The summed E-state index contributed by atoms with van der Waals surface area (Å²) in [5.41, 5.74) is -0.876. The molecule has 100 valence electrons. The molecule has 3 fully saturated rings. The molecule has 4 unspecified atom stereocenters. The molecule has 0 aromatic carbocycles. The van der Waals surface area contributed by atoms with Gasteiger partial charge in [-0.05, 0) is 56.8 Å². The molecule has 0 radical (unpaired) electrons. The van der Waals surface area contributed by atoms with Crippen molar-refractivity contribution in [3.8, 4) is 0 Å². The highest BCUT2D eigenvalue weighted by Crippen LogP contribution is 2.69. The molecule has 3 aliphatic rings. The van der Waals surface area contributed by atoms with Crippen molar-refractivity contribution in [2.45, 2.75) is 33.1 Å². The Morgan fingerprint density at radius 3 is 2.28 bits per heavy atom. The van der Waals surface area contributed by atoms with Crippen molar-refractivity contribution in [1.29, 1.82) is 0 Å². The number of hydrogen-bond acceptors (Lipinski definition) is 2. The van der Waals surface area contributed by atoms with Gasteiger partial charge in [-0.1, -0.05) is 0 Å². The Balaban J connectivity index is 1.54. The largest absolute Gasteiger partial charge is 0.481 e. The number of amides is 1. The Kier molecular flexibility index (Phi) is 2.48. The van der Waals surface area contributed by atoms with Gasteiger partial charge in [0.05, 0.1) is 5.41 Å². The summed E-state index contributed by atoms with van der Waals surface area (Å²) >= 11 is 0. The summed E-state index contributed by atoms with van der Waals surface area (Å²) in [4.78, 5) is 23.1. The van der Waals surface area contributed by atoms with Gasteiger partial charge in [0.15, 0.2) is 0 Å². The summed E-state index contributed by atoms with van der Waals surface area (Å²) in [6, 6.07) is 0. The van der Waals surface area contributed by atoms with Crippen molar-refractivity contribution in [2.75, 3.05) is 6.54 Å². The highest BCUT2D eigenvalue weighted by Gasteiger charge is 2.67. The van der Waals surface area contributed by atoms with Crippen molar-refractivity contribution < 1.29 is 14.7 Å². The molecule has 1 amide bonds. The van der Waals surface area contributed by atoms with E-state index >= 15 is 0 Å². The zero-order valence-electron chi connectivity index (χ0n) is 11.0. The van der Waals surface area contributed by atoms with Gasteiger partial charge in [-0.3, -0.25) is 9.59 Å². The van der Waals surface area contributed by atoms with Crippen LogP contribution in [0.4, 0.5) is 0 Å². The summed E-state index contributed by atoms with van der Waals surface area (Å²) < 4.78 is 0. The van der Waals surface area contributed by atoms with Gasteiger partial charge in [0.25, 0.3) is 0 Å². The lowest BCUT2D eigenvalue weighted by molar-refractivity contribution is -0.146. The Morgan fingerprint density at radius 1 is 1.22 bits per heavy atom. The van der Waals surface area contributed by atoms with Gasteiger partial charge in [-0.25, -0.2) is 0 Å². The fourth-order valence-corrected chi connectivity index (χ4v) is 4.18. The maximum Gasteiger partial charge on any atom is 0.310 e. The third-order valence-corrected chi connectivity index (χ3v) is 5.32. The number of carbonyl (C=O) groups is 2. The molecule has 3 saturated carbocycles. The van der Waals surface area contributed by atoms with Crippen LogP contribution >= 0.6 is 0 Å². The molecule has 4 heteroatoms. The first-order chi connectivity index (χ1) is 8.42. The Morgan fingerprint density at radius 2 is 1.78 bits per heavy atom. The summed E-state index contributed by atoms with van der Waals surface area (Å²) in [6.45, 7) is 3.52. The van der Waals surface area contributed by atoms with E-state index in [0.717, 1.165) is 11.8 Å². The van der Waals surface area contributed by atoms with E-state index in [0.29, 0.717) is 11.8 Å². The highest BCUT2D eigenvalue weighted by atomic mass is 16.4. The van der Waals surface area contributed by atoms with Crippen molar-refractivity contribution in [2.24, 2.45) is 35.0 Å². The van der Waals surface area contributed by atoms with Crippen molar-refractivity contribution >= 4 is 11.9 Å². The molecular weight excluding hydrogens is 230 g/mol. The highest BCUT2D eigenvalue weighted by molar-refractivity contribution is 5.83. The van der Waals surface area contributed by atoms with Crippen LogP contribution in [0, 0.1) is 35.0 Å². The predicted octanol–water partition coefficient (Wildman–Crippen LogP) is 1.51. The van der Waals surface area contributed by atoms with Crippen LogP contribution in [0.3, 0.4) is 0 Å². The number of carboxylic acid groups (broad SMARTS) is 1. The van der Waals surface area contributed by atoms with Crippen LogP contribution in [0.25, 0.3) is 0 Å². The molecule has 2 N–H and O–H groups in total. The number of aliphatic carboxylic acids is 1. The summed E-state index contributed by atoms with van der Waals surface area (Å²) in [5.74, 6) is 2.23. The van der Waals surface area contributed by atoms with Crippen LogP contribution in [0.5, 0.6) is 0 Å². The minimum atomic E-state index is -0.876. The van der Waals surface area contributed by atoms with E-state index in [1.54, 1.807) is 13.8 Å². The second-order valence-electron chi connectivity index (χ2n) is 6.92. The summed E-state index contributed by atoms with van der Waals surface area (Å²) in [6.07, 6.45) is 3.94. The molecule has 0 heterocycles. The van der Waals surface area contributed by atoms with E-state index in [-0.39, 0.29) is 18.4 Å².